The van der Waals surface area contributed by atoms with Crippen molar-refractivity contribution >= 4 is 25.1 Å². The Morgan fingerprint density at radius 2 is 2.33 bits per heavy atom. The second kappa shape index (κ2) is 2.85. The molecule has 12 heavy (non-hydrogen) atoms. The Kier molecular flexibility index (Phi) is 2.04. The zero-order valence-electron chi connectivity index (χ0n) is 6.53. The number of anilines is 1. The summed E-state index contributed by atoms with van der Waals surface area (Å²) in [7, 11) is 5.40. The molecule has 1 aromatic rings. The Morgan fingerprint density at radius 3 is 2.83 bits per heavy atom. The largest absolute Gasteiger partial charge is 0.476 e. The molecule has 0 unspecified atom stereocenters. The highest BCUT2D eigenvalue weighted by atomic mass is 16.4. The minimum Gasteiger partial charge on any atom is -0.476 e. The highest BCUT2D eigenvalue weighted by Gasteiger charge is 2.10. The van der Waals surface area contributed by atoms with Gasteiger partial charge in [0.2, 0.25) is 0 Å². The van der Waals surface area contributed by atoms with E-state index in [1.54, 1.807) is 6.92 Å². The number of carboxylic acids is 1. The summed E-state index contributed by atoms with van der Waals surface area (Å²) in [5.74, 6) is -1.17. The van der Waals surface area contributed by atoms with Crippen LogP contribution in [0.3, 0.4) is 0 Å². The summed E-state index contributed by atoms with van der Waals surface area (Å²) in [6, 6.07) is 1.49. The molecule has 5 heteroatoms. The molecule has 4 nitrogen and oxygen atoms in total. The number of aromatic nitrogens is 1. The fourth-order valence-electron chi connectivity index (χ4n) is 0.820. The first-order valence-corrected chi connectivity index (χ1v) is 3.28. The molecule has 1 heterocycles. The van der Waals surface area contributed by atoms with Crippen molar-refractivity contribution in [3.8, 4) is 0 Å². The SMILES string of the molecule is [B]c1nc(C(=O)O)c(N)cc1C. The first-order valence-electron chi connectivity index (χ1n) is 3.28. The molecule has 0 saturated carbocycles. The molecule has 60 valence electrons. The average molecular weight is 162 g/mol. The van der Waals surface area contributed by atoms with Crippen LogP contribution in [-0.4, -0.2) is 23.9 Å². The minimum absolute atomic E-state index is 0.134. The predicted molar refractivity (Wildman–Crippen MR) is 45.7 cm³/mol. The molecule has 0 fully saturated rings. The molecule has 0 spiro atoms. The van der Waals surface area contributed by atoms with Gasteiger partial charge in [-0.05, 0) is 24.1 Å². The van der Waals surface area contributed by atoms with Crippen molar-refractivity contribution in [2.75, 3.05) is 5.73 Å². The van der Waals surface area contributed by atoms with Crippen molar-refractivity contribution in [2.45, 2.75) is 6.92 Å². The van der Waals surface area contributed by atoms with Crippen LogP contribution in [0.25, 0.3) is 0 Å². The van der Waals surface area contributed by atoms with Gasteiger partial charge in [-0.25, -0.2) is 4.79 Å². The van der Waals surface area contributed by atoms with E-state index in [2.05, 4.69) is 4.98 Å². The van der Waals surface area contributed by atoms with Gasteiger partial charge in [0, 0.05) is 0 Å². The molecule has 0 bridgehead atoms. The van der Waals surface area contributed by atoms with Gasteiger partial charge in [0.15, 0.2) is 5.69 Å². The van der Waals surface area contributed by atoms with E-state index in [-0.39, 0.29) is 17.0 Å². The highest BCUT2D eigenvalue weighted by molar-refractivity contribution is 6.31. The van der Waals surface area contributed by atoms with Gasteiger partial charge in [0.25, 0.3) is 0 Å². The molecule has 0 saturated heterocycles. The third kappa shape index (κ3) is 1.39. The zero-order valence-corrected chi connectivity index (χ0v) is 6.53. The van der Waals surface area contributed by atoms with Crippen molar-refractivity contribution in [1.29, 1.82) is 0 Å². The number of carbonyl (C=O) groups is 1. The Balaban J connectivity index is 3.33. The molecule has 0 amide bonds. The molecule has 0 aliphatic rings. The van der Waals surface area contributed by atoms with Crippen molar-refractivity contribution < 1.29 is 9.90 Å². The van der Waals surface area contributed by atoms with Crippen LogP contribution in [0.5, 0.6) is 0 Å². The maximum Gasteiger partial charge on any atom is 0.356 e. The van der Waals surface area contributed by atoms with E-state index in [1.165, 1.54) is 6.07 Å². The van der Waals surface area contributed by atoms with Gasteiger partial charge in [-0.3, -0.25) is 4.98 Å². The summed E-state index contributed by atoms with van der Waals surface area (Å²) in [5.41, 5.74) is 6.20. The normalized spacial score (nSPS) is 9.75. The number of nitrogens with two attached hydrogens (primary N) is 1. The summed E-state index contributed by atoms with van der Waals surface area (Å²) in [4.78, 5) is 14.1. The third-order valence-electron chi connectivity index (χ3n) is 1.48. The standard InChI is InChI=1S/C7H7BN2O2/c1-3-2-4(9)5(7(11)12)10-6(3)8/h2H,9H2,1H3,(H,11,12). The van der Waals surface area contributed by atoms with Crippen LogP contribution in [0.1, 0.15) is 16.1 Å². The van der Waals surface area contributed by atoms with Crippen LogP contribution >= 0.6 is 0 Å². The van der Waals surface area contributed by atoms with Crippen molar-refractivity contribution in [3.05, 3.63) is 17.3 Å². The first kappa shape index (κ1) is 8.58. The van der Waals surface area contributed by atoms with Crippen LogP contribution < -0.4 is 11.3 Å². The molecular weight excluding hydrogens is 155 g/mol. The molecule has 0 aliphatic heterocycles. The second-order valence-corrected chi connectivity index (χ2v) is 2.43. The number of nitrogens with zero attached hydrogens (tertiary/aromatic N) is 1. The number of hydrogen-bond acceptors (Lipinski definition) is 3. The summed E-state index contributed by atoms with van der Waals surface area (Å²) in [6.07, 6.45) is 0. The predicted octanol–water partition coefficient (Wildman–Crippen LogP) is -0.536. The maximum atomic E-state index is 10.5. The lowest BCUT2D eigenvalue weighted by molar-refractivity contribution is 0.0692. The van der Waals surface area contributed by atoms with Gasteiger partial charge in [0.05, 0.1) is 5.69 Å². The zero-order chi connectivity index (χ0) is 9.30. The molecule has 1 aromatic heterocycles. The van der Waals surface area contributed by atoms with E-state index in [1.807, 2.05) is 0 Å². The quantitative estimate of drug-likeness (QED) is 0.544. The van der Waals surface area contributed by atoms with Crippen molar-refractivity contribution in [1.82, 2.24) is 4.98 Å². The first-order chi connectivity index (χ1) is 5.52. The molecule has 2 radical (unpaired) electrons. The number of carboxylic acid groups (broad SMARTS) is 1. The van der Waals surface area contributed by atoms with Crippen LogP contribution in [0.2, 0.25) is 0 Å². The van der Waals surface area contributed by atoms with Crippen LogP contribution in [0, 0.1) is 6.92 Å². The number of aromatic carboxylic acids is 1. The summed E-state index contributed by atoms with van der Waals surface area (Å²) in [5, 5.41) is 8.58. The van der Waals surface area contributed by atoms with E-state index < -0.39 is 5.97 Å². The average Bonchev–Trinajstić information content (AvgIpc) is 1.96. The second-order valence-electron chi connectivity index (χ2n) is 2.43. The van der Waals surface area contributed by atoms with Crippen molar-refractivity contribution in [3.63, 3.8) is 0 Å². The molecule has 3 N–H and O–H groups in total. The lowest BCUT2D eigenvalue weighted by Gasteiger charge is -2.04. The van der Waals surface area contributed by atoms with E-state index in [4.69, 9.17) is 18.7 Å². The van der Waals surface area contributed by atoms with Gasteiger partial charge >= 0.3 is 5.97 Å². The van der Waals surface area contributed by atoms with Crippen LogP contribution in [0.15, 0.2) is 6.07 Å². The summed E-state index contributed by atoms with van der Waals surface area (Å²) < 4.78 is 0. The molecule has 0 atom stereocenters. The van der Waals surface area contributed by atoms with E-state index in [9.17, 15) is 4.79 Å². The smallest absolute Gasteiger partial charge is 0.356 e. The van der Waals surface area contributed by atoms with Crippen LogP contribution in [-0.2, 0) is 0 Å². The summed E-state index contributed by atoms with van der Waals surface area (Å²) >= 11 is 0. The monoisotopic (exact) mass is 162 g/mol. The number of hydrogen-bond donors (Lipinski definition) is 2. The van der Waals surface area contributed by atoms with Gasteiger partial charge in [-0.15, -0.1) is 0 Å². The molecule has 0 aromatic carbocycles. The molecule has 0 aliphatic carbocycles. The highest BCUT2D eigenvalue weighted by Crippen LogP contribution is 2.07. The molecule has 1 rings (SSSR count). The van der Waals surface area contributed by atoms with E-state index in [0.29, 0.717) is 5.56 Å². The fourth-order valence-corrected chi connectivity index (χ4v) is 0.820. The van der Waals surface area contributed by atoms with Gasteiger partial charge in [0.1, 0.15) is 7.85 Å². The Hall–Kier alpha value is -1.52. The molecular formula is C7H7BN2O2. The fraction of sp³-hybridized carbons (Fsp3) is 0.143. The number of nitrogen functional groups attached to an aromatic ring is 1. The number of rotatable bonds is 1. The maximum absolute atomic E-state index is 10.5. The lowest BCUT2D eigenvalue weighted by atomic mass is 9.97. The third-order valence-corrected chi connectivity index (χ3v) is 1.48. The van der Waals surface area contributed by atoms with Gasteiger partial charge in [-0.2, -0.15) is 0 Å². The van der Waals surface area contributed by atoms with E-state index >= 15 is 0 Å². The number of pyridine rings is 1. The number of aryl methyl sites for hydroxylation is 1. The van der Waals surface area contributed by atoms with Crippen molar-refractivity contribution in [2.24, 2.45) is 0 Å². The van der Waals surface area contributed by atoms with E-state index in [0.717, 1.165) is 0 Å². The Morgan fingerprint density at radius 1 is 1.75 bits per heavy atom. The van der Waals surface area contributed by atoms with Gasteiger partial charge < -0.3 is 10.8 Å². The summed E-state index contributed by atoms with van der Waals surface area (Å²) in [6.45, 7) is 1.71. The van der Waals surface area contributed by atoms with Crippen LogP contribution in [0.4, 0.5) is 5.69 Å². The minimum atomic E-state index is -1.17. The topological polar surface area (TPSA) is 76.2 Å². The lowest BCUT2D eigenvalue weighted by Crippen LogP contribution is -2.19. The van der Waals surface area contributed by atoms with Gasteiger partial charge in [-0.1, -0.05) is 0 Å². The Labute approximate surface area is 70.8 Å². The Bertz CT molecular complexity index is 338.